The zero-order valence-electron chi connectivity index (χ0n) is 15.2. The van der Waals surface area contributed by atoms with Crippen molar-refractivity contribution >= 4 is 94.4 Å². The van der Waals surface area contributed by atoms with E-state index in [1.807, 2.05) is 0 Å². The minimum atomic E-state index is -5.58. The van der Waals surface area contributed by atoms with Crippen molar-refractivity contribution in [3.8, 4) is 0 Å². The molecular formula is C19H24BrF2Na2O3PS. The quantitative estimate of drug-likeness (QED) is 0.405. The second-order valence-corrected chi connectivity index (χ2v) is 10.8. The van der Waals surface area contributed by atoms with Crippen LogP contribution in [0.25, 0.3) is 0 Å². The third-order valence-electron chi connectivity index (χ3n) is 4.08. The number of benzene rings is 2. The molecule has 0 aliphatic heterocycles. The number of thioether (sulfide) groups is 1. The zero-order valence-corrected chi connectivity index (χ0v) is 18.5. The van der Waals surface area contributed by atoms with Crippen LogP contribution in [0.15, 0.2) is 46.9 Å². The third-order valence-corrected chi connectivity index (χ3v) is 6.78. The zero-order chi connectivity index (χ0) is 20.5. The van der Waals surface area contributed by atoms with Gasteiger partial charge in [-0.2, -0.15) is 20.5 Å². The van der Waals surface area contributed by atoms with Crippen molar-refractivity contribution in [2.45, 2.75) is 43.4 Å². The fourth-order valence-electron chi connectivity index (χ4n) is 2.44. The minimum absolute atomic E-state index is 0. The van der Waals surface area contributed by atoms with Gasteiger partial charge in [0, 0.05) is 21.5 Å². The SMILES string of the molecule is CC(C)(C)c1ccc(CSCc2ccc(C(F)(F)P(=O)(O)O)c(Br)c2)cc1.[NaH].[NaH]. The maximum atomic E-state index is 13.8. The van der Waals surface area contributed by atoms with Crippen LogP contribution in [0.4, 0.5) is 8.78 Å². The van der Waals surface area contributed by atoms with E-state index in [4.69, 9.17) is 9.79 Å². The van der Waals surface area contributed by atoms with E-state index in [1.165, 1.54) is 23.3 Å². The van der Waals surface area contributed by atoms with Gasteiger partial charge in [-0.25, -0.2) is 0 Å². The van der Waals surface area contributed by atoms with Crippen LogP contribution in [0.3, 0.4) is 0 Å². The molecule has 2 aromatic carbocycles. The topological polar surface area (TPSA) is 57.5 Å². The molecule has 0 spiro atoms. The molecule has 0 bridgehead atoms. The molecule has 0 aliphatic carbocycles. The molecule has 3 nitrogen and oxygen atoms in total. The Morgan fingerprint density at radius 2 is 1.45 bits per heavy atom. The molecule has 0 amide bonds. The van der Waals surface area contributed by atoms with Crippen molar-refractivity contribution in [3.05, 3.63) is 69.2 Å². The Balaban J connectivity index is 0.00000392. The fourth-order valence-corrected chi connectivity index (χ4v) is 4.72. The van der Waals surface area contributed by atoms with Gasteiger partial charge in [0.25, 0.3) is 0 Å². The molecule has 0 atom stereocenters. The Morgan fingerprint density at radius 1 is 0.966 bits per heavy atom. The molecule has 2 aromatic rings. The molecule has 0 unspecified atom stereocenters. The van der Waals surface area contributed by atoms with Crippen LogP contribution in [-0.4, -0.2) is 68.9 Å². The van der Waals surface area contributed by atoms with Gasteiger partial charge < -0.3 is 9.79 Å². The van der Waals surface area contributed by atoms with Crippen LogP contribution in [-0.2, 0) is 27.1 Å². The summed E-state index contributed by atoms with van der Waals surface area (Å²) in [5.74, 6) is 1.38. The molecule has 2 rings (SSSR count). The van der Waals surface area contributed by atoms with Crippen molar-refractivity contribution in [1.29, 1.82) is 0 Å². The maximum absolute atomic E-state index is 13.8. The average molecular weight is 527 g/mol. The number of hydrogen-bond donors (Lipinski definition) is 2. The summed E-state index contributed by atoms with van der Waals surface area (Å²) in [4.78, 5) is 17.7. The molecule has 0 saturated carbocycles. The van der Waals surface area contributed by atoms with Crippen molar-refractivity contribution in [3.63, 3.8) is 0 Å². The molecule has 0 fully saturated rings. The van der Waals surface area contributed by atoms with E-state index < -0.39 is 18.8 Å². The first-order chi connectivity index (χ1) is 12.3. The normalized spacial score (nSPS) is 12.1. The standard InChI is InChI=1S/C19H22BrF2O3PS.2Na.2H/c1-18(2,3)15-7-4-13(5-8-15)11-27-12-14-6-9-16(17(20)10-14)19(21,22)26(23,24)25;;;;/h4-10H,11-12H2,1-3H3,(H2,23,24,25);;;;. The van der Waals surface area contributed by atoms with Crippen LogP contribution in [0.2, 0.25) is 0 Å². The summed E-state index contributed by atoms with van der Waals surface area (Å²) in [6.45, 7) is 6.48. The molecule has 0 aromatic heterocycles. The van der Waals surface area contributed by atoms with Gasteiger partial charge in [0.05, 0.1) is 0 Å². The second-order valence-electron chi connectivity index (χ2n) is 7.34. The predicted octanol–water partition coefficient (Wildman–Crippen LogP) is 5.11. The number of hydrogen-bond acceptors (Lipinski definition) is 2. The van der Waals surface area contributed by atoms with Crippen molar-refractivity contribution < 1.29 is 23.1 Å². The van der Waals surface area contributed by atoms with E-state index in [0.717, 1.165) is 17.4 Å². The molecule has 2 N–H and O–H groups in total. The summed E-state index contributed by atoms with van der Waals surface area (Å²) in [6, 6.07) is 12.4. The molecule has 0 heterocycles. The van der Waals surface area contributed by atoms with Gasteiger partial charge in [0.2, 0.25) is 0 Å². The van der Waals surface area contributed by atoms with Crippen molar-refractivity contribution in [1.82, 2.24) is 0 Å². The predicted molar refractivity (Wildman–Crippen MR) is 125 cm³/mol. The van der Waals surface area contributed by atoms with Crippen LogP contribution in [0.5, 0.6) is 0 Å². The van der Waals surface area contributed by atoms with Gasteiger partial charge in [-0.15, -0.1) is 0 Å². The van der Waals surface area contributed by atoms with Crippen LogP contribution < -0.4 is 0 Å². The number of alkyl halides is 2. The Hall–Kier alpha value is 1.28. The molecule has 0 radical (unpaired) electrons. The van der Waals surface area contributed by atoms with Crippen LogP contribution in [0.1, 0.15) is 43.0 Å². The third kappa shape index (κ3) is 8.29. The average Bonchev–Trinajstić information content (AvgIpc) is 2.53. The Kier molecular flexibility index (Phi) is 12.5. The summed E-state index contributed by atoms with van der Waals surface area (Å²) in [7, 11) is -5.58. The van der Waals surface area contributed by atoms with Crippen molar-refractivity contribution in [2.75, 3.05) is 0 Å². The molecule has 10 heteroatoms. The second kappa shape index (κ2) is 11.9. The Labute approximate surface area is 227 Å². The van der Waals surface area contributed by atoms with E-state index in [2.05, 4.69) is 61.0 Å². The van der Waals surface area contributed by atoms with Gasteiger partial charge in [-0.1, -0.05) is 73.1 Å². The monoisotopic (exact) mass is 526 g/mol. The molecule has 29 heavy (non-hydrogen) atoms. The van der Waals surface area contributed by atoms with Crippen molar-refractivity contribution in [2.24, 2.45) is 0 Å². The summed E-state index contributed by atoms with van der Waals surface area (Å²) in [6.07, 6.45) is 0. The fraction of sp³-hybridized carbons (Fsp3) is 0.368. The molecule has 0 saturated heterocycles. The first-order valence-corrected chi connectivity index (χ1v) is 11.8. The van der Waals surface area contributed by atoms with E-state index in [0.29, 0.717) is 5.75 Å². The van der Waals surface area contributed by atoms with E-state index >= 15 is 0 Å². The first-order valence-electron chi connectivity index (χ1n) is 8.22. The Bertz CT molecular complexity index is 856. The van der Waals surface area contributed by atoms with Gasteiger partial charge in [0.15, 0.2) is 0 Å². The van der Waals surface area contributed by atoms with Crippen LogP contribution in [0, 0.1) is 0 Å². The molecule has 0 aliphatic rings. The van der Waals surface area contributed by atoms with Gasteiger partial charge in [0.1, 0.15) is 0 Å². The van der Waals surface area contributed by atoms with E-state index in [-0.39, 0.29) is 69.0 Å². The van der Waals surface area contributed by atoms with Gasteiger partial charge in [-0.05, 0) is 28.2 Å². The first kappa shape index (κ1) is 30.3. The van der Waals surface area contributed by atoms with Gasteiger partial charge in [-0.3, -0.25) is 4.57 Å². The summed E-state index contributed by atoms with van der Waals surface area (Å²) >= 11 is 4.64. The Morgan fingerprint density at radius 3 is 1.90 bits per heavy atom. The number of rotatable bonds is 6. The van der Waals surface area contributed by atoms with E-state index in [1.54, 1.807) is 11.8 Å². The summed E-state index contributed by atoms with van der Waals surface area (Å²) in [5.41, 5.74) is -1.58. The van der Waals surface area contributed by atoms with Crippen LogP contribution >= 0.6 is 35.3 Å². The van der Waals surface area contributed by atoms with E-state index in [9.17, 15) is 13.3 Å². The summed E-state index contributed by atoms with van der Waals surface area (Å²) < 4.78 is 38.7. The summed E-state index contributed by atoms with van der Waals surface area (Å²) in [5, 5.41) is 0. The van der Waals surface area contributed by atoms with Gasteiger partial charge >= 0.3 is 72.4 Å². The molecular weight excluding hydrogens is 503 g/mol. The molecule has 152 valence electrons. The number of halogens is 3.